The van der Waals surface area contributed by atoms with Crippen LogP contribution in [0.2, 0.25) is 0 Å². The van der Waals surface area contributed by atoms with Gasteiger partial charge in [0.05, 0.1) is 6.33 Å². The maximum absolute atomic E-state index is 13.0. The van der Waals surface area contributed by atoms with Crippen molar-refractivity contribution in [2.75, 3.05) is 6.61 Å². The Hall–Kier alpha value is -4.39. The zero-order valence-electron chi connectivity index (χ0n) is 19.6. The fraction of sp³-hybridized carbons (Fsp3) is 0.348. The molecule has 4 atom stereocenters. The molecular formula is C23H23N5O8. The van der Waals surface area contributed by atoms with E-state index in [0.29, 0.717) is 11.1 Å². The molecule has 0 unspecified atom stereocenters. The molecule has 188 valence electrons. The molecule has 1 aliphatic heterocycles. The maximum Gasteiger partial charge on any atom is 0.303 e. The monoisotopic (exact) mass is 497 g/mol. The summed E-state index contributed by atoms with van der Waals surface area (Å²) in [7, 11) is 0. The number of fused-ring (bicyclic) bond motifs is 1. The highest BCUT2D eigenvalue weighted by atomic mass is 16.7. The normalized spacial score (nSPS) is 21.8. The van der Waals surface area contributed by atoms with E-state index in [1.54, 1.807) is 30.3 Å². The van der Waals surface area contributed by atoms with E-state index in [9.17, 15) is 19.2 Å². The number of hydrogen-bond acceptors (Lipinski definition) is 10. The maximum atomic E-state index is 13.0. The first-order valence-electron chi connectivity index (χ1n) is 10.9. The van der Waals surface area contributed by atoms with Crippen molar-refractivity contribution in [1.29, 1.82) is 0 Å². The van der Waals surface area contributed by atoms with Crippen molar-refractivity contribution in [1.82, 2.24) is 19.5 Å². The molecule has 1 N–H and O–H groups in total. The quantitative estimate of drug-likeness (QED) is 0.381. The number of nitrogens with zero attached hydrogens (tertiary/aromatic N) is 4. The van der Waals surface area contributed by atoms with E-state index < -0.39 is 48.4 Å². The van der Waals surface area contributed by atoms with E-state index in [2.05, 4.69) is 19.9 Å². The molecule has 0 radical (unpaired) electrons. The van der Waals surface area contributed by atoms with Crippen LogP contribution in [-0.4, -0.2) is 68.3 Å². The first-order chi connectivity index (χ1) is 17.2. The van der Waals surface area contributed by atoms with Crippen LogP contribution in [0.1, 0.15) is 37.4 Å². The van der Waals surface area contributed by atoms with Gasteiger partial charge in [0.15, 0.2) is 29.6 Å². The SMILES string of the molecule is CC(=O)OC[C@H]1O[C@@H](n2cnc3nc[nH]c3c2=NC(=O)c2ccccc2)[C@H](OC(C)=O)[C@H]1OC(C)=O. The van der Waals surface area contributed by atoms with E-state index in [-0.39, 0.29) is 17.7 Å². The molecule has 3 heterocycles. The molecule has 13 nitrogen and oxygen atoms in total. The fourth-order valence-electron chi connectivity index (χ4n) is 3.81. The Morgan fingerprint density at radius 1 is 1.00 bits per heavy atom. The summed E-state index contributed by atoms with van der Waals surface area (Å²) in [5.74, 6) is -2.47. The Labute approximate surface area is 204 Å². The number of hydrogen-bond donors (Lipinski definition) is 1. The molecule has 2 aromatic heterocycles. The fourth-order valence-corrected chi connectivity index (χ4v) is 3.81. The molecule has 0 bridgehead atoms. The number of aromatic nitrogens is 4. The summed E-state index contributed by atoms with van der Waals surface area (Å²) in [4.78, 5) is 63.8. The van der Waals surface area contributed by atoms with Gasteiger partial charge in [-0.3, -0.25) is 23.7 Å². The highest BCUT2D eigenvalue weighted by Gasteiger charge is 2.50. The van der Waals surface area contributed by atoms with Crippen molar-refractivity contribution in [2.45, 2.75) is 45.3 Å². The number of ether oxygens (including phenoxy) is 4. The third kappa shape index (κ3) is 5.30. The minimum atomic E-state index is -1.18. The van der Waals surface area contributed by atoms with E-state index in [0.717, 1.165) is 0 Å². The lowest BCUT2D eigenvalue weighted by Crippen LogP contribution is -2.42. The number of benzene rings is 1. The standard InChI is InChI=1S/C23H23N5O8/c1-12(29)33-9-16-18(34-13(2)30)19(35-14(3)31)23(36-16)28-11-26-20-17(24-10-25-20)21(28)27-22(32)15-7-5-4-6-8-15/h4-8,10-11,16,18-19,23H,9H2,1-3H3,(H,24,25)/t16-,18+,19-,23-/m1/s1. The molecular weight excluding hydrogens is 474 g/mol. The van der Waals surface area contributed by atoms with Gasteiger partial charge < -0.3 is 23.9 Å². The van der Waals surface area contributed by atoms with Crippen LogP contribution >= 0.6 is 0 Å². The minimum Gasteiger partial charge on any atom is -0.463 e. The second kappa shape index (κ2) is 10.5. The summed E-state index contributed by atoms with van der Waals surface area (Å²) >= 11 is 0. The molecule has 4 rings (SSSR count). The van der Waals surface area contributed by atoms with Crippen LogP contribution in [-0.2, 0) is 33.3 Å². The topological polar surface area (TPSA) is 164 Å². The summed E-state index contributed by atoms with van der Waals surface area (Å²) in [6.45, 7) is 3.31. The Morgan fingerprint density at radius 3 is 2.36 bits per heavy atom. The number of imidazole rings is 1. The predicted molar refractivity (Wildman–Crippen MR) is 120 cm³/mol. The van der Waals surface area contributed by atoms with Crippen molar-refractivity contribution < 1.29 is 38.1 Å². The van der Waals surface area contributed by atoms with Gasteiger partial charge in [-0.25, -0.2) is 9.97 Å². The Balaban J connectivity index is 1.85. The Bertz CT molecular complexity index is 1370. The molecule has 1 saturated heterocycles. The summed E-state index contributed by atoms with van der Waals surface area (Å²) in [6, 6.07) is 8.40. The number of carbonyl (C=O) groups excluding carboxylic acids is 4. The molecule has 1 aliphatic rings. The number of carbonyl (C=O) groups is 4. The smallest absolute Gasteiger partial charge is 0.303 e. The molecule has 1 aromatic carbocycles. The van der Waals surface area contributed by atoms with Gasteiger partial charge >= 0.3 is 17.9 Å². The summed E-state index contributed by atoms with van der Waals surface area (Å²) in [6.07, 6.45) is -1.74. The first-order valence-corrected chi connectivity index (χ1v) is 10.9. The van der Waals surface area contributed by atoms with Crippen molar-refractivity contribution in [3.63, 3.8) is 0 Å². The van der Waals surface area contributed by atoms with Crippen LogP contribution < -0.4 is 5.49 Å². The van der Waals surface area contributed by atoms with Gasteiger partial charge in [0.1, 0.15) is 24.6 Å². The number of amides is 1. The molecule has 0 saturated carbocycles. The second-order valence-electron chi connectivity index (χ2n) is 7.88. The highest BCUT2D eigenvalue weighted by molar-refractivity contribution is 5.95. The van der Waals surface area contributed by atoms with E-state index in [1.165, 1.54) is 38.0 Å². The molecule has 1 amide bonds. The van der Waals surface area contributed by atoms with E-state index >= 15 is 0 Å². The molecule has 13 heteroatoms. The number of aromatic amines is 1. The third-order valence-corrected chi connectivity index (χ3v) is 5.23. The van der Waals surface area contributed by atoms with Crippen molar-refractivity contribution in [3.05, 3.63) is 54.0 Å². The minimum absolute atomic E-state index is 0.0863. The van der Waals surface area contributed by atoms with Gasteiger partial charge in [0.2, 0.25) is 0 Å². The second-order valence-corrected chi connectivity index (χ2v) is 7.88. The summed E-state index contributed by atoms with van der Waals surface area (Å²) in [5.41, 5.74) is 1.02. The largest absolute Gasteiger partial charge is 0.463 e. The molecule has 3 aromatic rings. The number of H-pyrrole nitrogens is 1. The lowest BCUT2D eigenvalue weighted by Gasteiger charge is -2.24. The van der Waals surface area contributed by atoms with Crippen LogP contribution in [0, 0.1) is 0 Å². The number of rotatable bonds is 6. The van der Waals surface area contributed by atoms with Crippen LogP contribution in [0.25, 0.3) is 11.2 Å². The van der Waals surface area contributed by atoms with Gasteiger partial charge in [-0.05, 0) is 12.1 Å². The predicted octanol–water partition coefficient (Wildman–Crippen LogP) is 0.824. The van der Waals surface area contributed by atoms with Crippen LogP contribution in [0.5, 0.6) is 0 Å². The van der Waals surface area contributed by atoms with Crippen LogP contribution in [0.3, 0.4) is 0 Å². The summed E-state index contributed by atoms with van der Waals surface area (Å²) < 4.78 is 23.4. The van der Waals surface area contributed by atoms with E-state index in [1.807, 2.05) is 0 Å². The molecule has 1 fully saturated rings. The average Bonchev–Trinajstić information content (AvgIpc) is 3.43. The lowest BCUT2D eigenvalue weighted by atomic mass is 10.1. The van der Waals surface area contributed by atoms with Gasteiger partial charge in [-0.1, -0.05) is 18.2 Å². The van der Waals surface area contributed by atoms with Crippen molar-refractivity contribution in [3.8, 4) is 0 Å². The van der Waals surface area contributed by atoms with Crippen LogP contribution in [0.15, 0.2) is 48.0 Å². The number of esters is 3. The highest BCUT2D eigenvalue weighted by Crippen LogP contribution is 2.33. The molecule has 36 heavy (non-hydrogen) atoms. The van der Waals surface area contributed by atoms with Gasteiger partial charge in [-0.2, -0.15) is 4.99 Å². The van der Waals surface area contributed by atoms with E-state index in [4.69, 9.17) is 18.9 Å². The third-order valence-electron chi connectivity index (χ3n) is 5.23. The average molecular weight is 497 g/mol. The van der Waals surface area contributed by atoms with Gasteiger partial charge in [-0.15, -0.1) is 0 Å². The Kier molecular flexibility index (Phi) is 7.20. The van der Waals surface area contributed by atoms with Crippen LogP contribution in [0.4, 0.5) is 0 Å². The lowest BCUT2D eigenvalue weighted by molar-refractivity contribution is -0.166. The molecule has 0 aliphatic carbocycles. The Morgan fingerprint density at radius 2 is 1.69 bits per heavy atom. The van der Waals surface area contributed by atoms with Gasteiger partial charge in [0.25, 0.3) is 5.91 Å². The van der Waals surface area contributed by atoms with Crippen molar-refractivity contribution in [2.24, 2.45) is 4.99 Å². The zero-order chi connectivity index (χ0) is 25.8. The van der Waals surface area contributed by atoms with Crippen molar-refractivity contribution >= 4 is 35.0 Å². The first kappa shape index (κ1) is 24.7. The van der Waals surface area contributed by atoms with Gasteiger partial charge in [0, 0.05) is 26.3 Å². The summed E-state index contributed by atoms with van der Waals surface area (Å²) in [5, 5.41) is 0. The molecule has 0 spiro atoms. The number of nitrogens with one attached hydrogen (secondary N) is 1. The zero-order valence-corrected chi connectivity index (χ0v) is 19.6.